The van der Waals surface area contributed by atoms with Crippen molar-refractivity contribution in [3.63, 3.8) is 0 Å². The summed E-state index contributed by atoms with van der Waals surface area (Å²) in [6, 6.07) is 0. The van der Waals surface area contributed by atoms with E-state index in [0.29, 0.717) is 6.54 Å². The highest BCUT2D eigenvalue weighted by molar-refractivity contribution is 4.94. The first-order chi connectivity index (χ1) is 7.17. The zero-order valence-corrected chi connectivity index (χ0v) is 9.82. The second-order valence-electron chi connectivity index (χ2n) is 3.95. The second-order valence-corrected chi connectivity index (χ2v) is 3.95. The molecule has 0 aliphatic rings. The quantitative estimate of drug-likeness (QED) is 0.740. The molecule has 0 unspecified atom stereocenters. The number of rotatable bonds is 6. The first-order valence-corrected chi connectivity index (χ1v) is 5.49. The molecule has 1 heterocycles. The molecule has 1 aromatic heterocycles. The third kappa shape index (κ3) is 2.79. The lowest BCUT2D eigenvalue weighted by Crippen LogP contribution is -2.47. The predicted molar refractivity (Wildman–Crippen MR) is 60.4 cm³/mol. The van der Waals surface area contributed by atoms with Crippen molar-refractivity contribution in [1.82, 2.24) is 14.9 Å². The van der Waals surface area contributed by atoms with Gasteiger partial charge in [0, 0.05) is 25.0 Å². The Kier molecular flexibility index (Phi) is 4.29. The lowest BCUT2D eigenvalue weighted by molar-refractivity contribution is 0.148. The topological polar surface area (TPSA) is 50.1 Å². The highest BCUT2D eigenvalue weighted by Crippen LogP contribution is 2.14. The molecule has 0 saturated heterocycles. The van der Waals surface area contributed by atoms with E-state index in [1.807, 2.05) is 17.8 Å². The first-order valence-electron chi connectivity index (χ1n) is 5.49. The minimum absolute atomic E-state index is 0.161. The molecule has 0 aromatic carbocycles. The molecule has 0 amide bonds. The van der Waals surface area contributed by atoms with Crippen LogP contribution in [-0.4, -0.2) is 26.8 Å². The van der Waals surface area contributed by atoms with E-state index in [4.69, 9.17) is 0 Å². The molecule has 0 saturated carbocycles. The molecule has 4 nitrogen and oxygen atoms in total. The van der Waals surface area contributed by atoms with E-state index >= 15 is 0 Å². The van der Waals surface area contributed by atoms with Gasteiger partial charge in [-0.25, -0.2) is 4.98 Å². The Morgan fingerprint density at radius 1 is 1.47 bits per heavy atom. The largest absolute Gasteiger partial charge is 0.394 e. The first kappa shape index (κ1) is 12.2. The van der Waals surface area contributed by atoms with Crippen molar-refractivity contribution < 1.29 is 5.11 Å². The summed E-state index contributed by atoms with van der Waals surface area (Å²) in [5.41, 5.74) is -0.161. The number of aliphatic hydroxyl groups excluding tert-OH is 1. The molecular formula is C11H21N3O. The molecule has 15 heavy (non-hydrogen) atoms. The van der Waals surface area contributed by atoms with Crippen LogP contribution in [0.5, 0.6) is 0 Å². The van der Waals surface area contributed by atoms with Gasteiger partial charge in [0.2, 0.25) is 0 Å². The van der Waals surface area contributed by atoms with Gasteiger partial charge in [0.15, 0.2) is 0 Å². The van der Waals surface area contributed by atoms with Gasteiger partial charge in [-0.3, -0.25) is 0 Å². The van der Waals surface area contributed by atoms with Crippen molar-refractivity contribution in [3.8, 4) is 0 Å². The maximum atomic E-state index is 9.38. The van der Waals surface area contributed by atoms with Crippen LogP contribution in [0.3, 0.4) is 0 Å². The van der Waals surface area contributed by atoms with E-state index in [1.165, 1.54) is 0 Å². The maximum Gasteiger partial charge on any atom is 0.122 e. The van der Waals surface area contributed by atoms with Crippen molar-refractivity contribution >= 4 is 0 Å². The van der Waals surface area contributed by atoms with Gasteiger partial charge in [0.05, 0.1) is 13.2 Å². The summed E-state index contributed by atoms with van der Waals surface area (Å²) in [7, 11) is 1.97. The fourth-order valence-corrected chi connectivity index (χ4v) is 1.61. The highest BCUT2D eigenvalue weighted by atomic mass is 16.3. The minimum Gasteiger partial charge on any atom is -0.394 e. The molecule has 0 atom stereocenters. The van der Waals surface area contributed by atoms with Crippen LogP contribution in [0.25, 0.3) is 0 Å². The number of nitrogens with zero attached hydrogens (tertiary/aromatic N) is 2. The van der Waals surface area contributed by atoms with Crippen molar-refractivity contribution in [3.05, 3.63) is 18.2 Å². The Morgan fingerprint density at radius 2 is 2.13 bits per heavy atom. The third-order valence-electron chi connectivity index (χ3n) is 3.20. The zero-order valence-electron chi connectivity index (χ0n) is 9.82. The molecule has 0 spiro atoms. The SMILES string of the molecule is CCC(CC)(CO)NCc1nccn1C. The Morgan fingerprint density at radius 3 is 2.53 bits per heavy atom. The molecule has 1 rings (SSSR count). The van der Waals surface area contributed by atoms with E-state index in [-0.39, 0.29) is 12.1 Å². The lowest BCUT2D eigenvalue weighted by Gasteiger charge is -2.30. The van der Waals surface area contributed by atoms with Crippen molar-refractivity contribution in [2.45, 2.75) is 38.8 Å². The summed E-state index contributed by atoms with van der Waals surface area (Å²) >= 11 is 0. The molecule has 0 radical (unpaired) electrons. The standard InChI is InChI=1S/C11H21N3O/c1-4-11(5-2,9-15)13-8-10-12-6-7-14(10)3/h6-7,13,15H,4-5,8-9H2,1-3H3. The number of imidazole rings is 1. The maximum absolute atomic E-state index is 9.38. The minimum atomic E-state index is -0.161. The molecule has 0 bridgehead atoms. The Labute approximate surface area is 91.3 Å². The number of aromatic nitrogens is 2. The summed E-state index contributed by atoms with van der Waals surface area (Å²) < 4.78 is 1.99. The number of aliphatic hydroxyl groups is 1. The fraction of sp³-hybridized carbons (Fsp3) is 0.727. The molecule has 0 aliphatic carbocycles. The van der Waals surface area contributed by atoms with Gasteiger partial charge in [-0.05, 0) is 12.8 Å². The highest BCUT2D eigenvalue weighted by Gasteiger charge is 2.24. The van der Waals surface area contributed by atoms with Crippen molar-refractivity contribution in [1.29, 1.82) is 0 Å². The van der Waals surface area contributed by atoms with Crippen LogP contribution in [0.2, 0.25) is 0 Å². The van der Waals surface area contributed by atoms with E-state index in [1.54, 1.807) is 6.20 Å². The number of hydrogen-bond donors (Lipinski definition) is 2. The van der Waals surface area contributed by atoms with Gasteiger partial charge < -0.3 is 15.0 Å². The van der Waals surface area contributed by atoms with Crippen LogP contribution in [-0.2, 0) is 13.6 Å². The van der Waals surface area contributed by atoms with Gasteiger partial charge in [0.25, 0.3) is 0 Å². The summed E-state index contributed by atoms with van der Waals surface area (Å²) in [4.78, 5) is 4.24. The monoisotopic (exact) mass is 211 g/mol. The van der Waals surface area contributed by atoms with Crippen LogP contribution >= 0.6 is 0 Å². The summed E-state index contributed by atoms with van der Waals surface area (Å²) in [6.07, 6.45) is 5.56. The van der Waals surface area contributed by atoms with Crippen LogP contribution < -0.4 is 5.32 Å². The van der Waals surface area contributed by atoms with E-state index in [0.717, 1.165) is 18.7 Å². The number of nitrogens with one attached hydrogen (secondary N) is 1. The van der Waals surface area contributed by atoms with E-state index in [2.05, 4.69) is 24.1 Å². The number of hydrogen-bond acceptors (Lipinski definition) is 3. The molecule has 1 aromatic rings. The molecular weight excluding hydrogens is 190 g/mol. The van der Waals surface area contributed by atoms with Gasteiger partial charge >= 0.3 is 0 Å². The Hall–Kier alpha value is -0.870. The Bertz CT molecular complexity index is 284. The van der Waals surface area contributed by atoms with Gasteiger partial charge in [0.1, 0.15) is 5.82 Å². The third-order valence-corrected chi connectivity index (χ3v) is 3.20. The predicted octanol–water partition coefficient (Wildman–Crippen LogP) is 1.06. The van der Waals surface area contributed by atoms with Crippen LogP contribution in [0, 0.1) is 0 Å². The van der Waals surface area contributed by atoms with E-state index in [9.17, 15) is 5.11 Å². The number of aryl methyl sites for hydroxylation is 1. The van der Waals surface area contributed by atoms with Crippen LogP contribution in [0.4, 0.5) is 0 Å². The summed E-state index contributed by atoms with van der Waals surface area (Å²) in [5, 5.41) is 12.8. The second kappa shape index (κ2) is 5.28. The van der Waals surface area contributed by atoms with Crippen LogP contribution in [0.15, 0.2) is 12.4 Å². The van der Waals surface area contributed by atoms with Gasteiger partial charge in [-0.2, -0.15) is 0 Å². The normalized spacial score (nSPS) is 12.0. The summed E-state index contributed by atoms with van der Waals surface area (Å²) in [5.74, 6) is 0.995. The fourth-order valence-electron chi connectivity index (χ4n) is 1.61. The summed E-state index contributed by atoms with van der Waals surface area (Å²) in [6.45, 7) is 5.05. The Balaban J connectivity index is 2.58. The average molecular weight is 211 g/mol. The average Bonchev–Trinajstić information content (AvgIpc) is 2.67. The molecule has 0 aliphatic heterocycles. The molecule has 4 heteroatoms. The molecule has 86 valence electrons. The van der Waals surface area contributed by atoms with Crippen molar-refractivity contribution in [2.75, 3.05) is 6.61 Å². The van der Waals surface area contributed by atoms with Crippen LogP contribution in [0.1, 0.15) is 32.5 Å². The van der Waals surface area contributed by atoms with E-state index < -0.39 is 0 Å². The van der Waals surface area contributed by atoms with Gasteiger partial charge in [-0.15, -0.1) is 0 Å². The molecule has 2 N–H and O–H groups in total. The zero-order chi connectivity index (χ0) is 11.3. The molecule has 0 fully saturated rings. The lowest BCUT2D eigenvalue weighted by atomic mass is 9.94. The van der Waals surface area contributed by atoms with Crippen molar-refractivity contribution in [2.24, 2.45) is 7.05 Å². The smallest absolute Gasteiger partial charge is 0.122 e. The van der Waals surface area contributed by atoms with Gasteiger partial charge in [-0.1, -0.05) is 13.8 Å².